The molecule has 8 atom stereocenters. The molecule has 0 radical (unpaired) electrons. The molecule has 2 rings (SSSR count). The van der Waals surface area contributed by atoms with Crippen LogP contribution in [0.2, 0.25) is 0 Å². The lowest BCUT2D eigenvalue weighted by Gasteiger charge is -2.43. The van der Waals surface area contributed by atoms with Crippen LogP contribution in [-0.4, -0.2) is 56.8 Å². The number of aliphatic hydroxyl groups is 3. The molecule has 0 bridgehead atoms. The van der Waals surface area contributed by atoms with Gasteiger partial charge in [0.1, 0.15) is 6.10 Å². The molecule has 0 aliphatic heterocycles. The van der Waals surface area contributed by atoms with Crippen LogP contribution in [0.25, 0.3) is 0 Å². The van der Waals surface area contributed by atoms with Gasteiger partial charge in [-0.3, -0.25) is 9.59 Å². The third kappa shape index (κ3) is 6.65. The summed E-state index contributed by atoms with van der Waals surface area (Å²) in [6.07, 6.45) is 4.64. The van der Waals surface area contributed by atoms with Crippen LogP contribution in [0, 0.1) is 23.7 Å². The summed E-state index contributed by atoms with van der Waals surface area (Å²) in [4.78, 5) is 23.1. The number of carboxylic acid groups (broad SMARTS) is 1. The van der Waals surface area contributed by atoms with Crippen LogP contribution in [0.5, 0.6) is 0 Å². The van der Waals surface area contributed by atoms with Crippen molar-refractivity contribution >= 4 is 11.9 Å². The Kier molecular flexibility index (Phi) is 9.07. The Morgan fingerprint density at radius 2 is 1.97 bits per heavy atom. The SMILES string of the molecule is CC[C@H](C)C(=O)OC1C[C@H](O)C=C2C=C[C@H](C)[C@H](CCC(O)C[C@@H](O)CC(=O)O)[C@H]21. The number of carbonyl (C=O) groups excluding carboxylic acids is 1. The number of aliphatic carboxylic acids is 1. The highest BCUT2D eigenvalue weighted by atomic mass is 16.5. The molecule has 0 aromatic carbocycles. The highest BCUT2D eigenvalue weighted by Crippen LogP contribution is 2.44. The molecule has 0 saturated heterocycles. The summed E-state index contributed by atoms with van der Waals surface area (Å²) in [5.74, 6) is -1.31. The van der Waals surface area contributed by atoms with E-state index in [0.29, 0.717) is 25.7 Å². The lowest BCUT2D eigenvalue weighted by atomic mass is 9.66. The molecule has 0 spiro atoms. The normalized spacial score (nSPS) is 31.3. The summed E-state index contributed by atoms with van der Waals surface area (Å²) in [6, 6.07) is 0. The summed E-state index contributed by atoms with van der Waals surface area (Å²) in [7, 11) is 0. The maximum absolute atomic E-state index is 12.4. The molecule has 0 aromatic heterocycles. The minimum atomic E-state index is -1.10. The highest BCUT2D eigenvalue weighted by molar-refractivity contribution is 5.72. The Hall–Kier alpha value is -1.70. The Labute approximate surface area is 178 Å². The van der Waals surface area contributed by atoms with E-state index in [1.54, 1.807) is 0 Å². The van der Waals surface area contributed by atoms with Gasteiger partial charge in [-0.15, -0.1) is 0 Å². The number of ether oxygens (including phenoxy) is 1. The number of hydrogen-bond donors (Lipinski definition) is 4. The number of fused-ring (bicyclic) bond motifs is 1. The van der Waals surface area contributed by atoms with Crippen molar-refractivity contribution in [1.29, 1.82) is 0 Å². The topological polar surface area (TPSA) is 124 Å². The Bertz CT molecular complexity index is 656. The molecule has 7 nitrogen and oxygen atoms in total. The molecule has 4 N–H and O–H groups in total. The number of rotatable bonds is 10. The van der Waals surface area contributed by atoms with E-state index in [-0.39, 0.29) is 42.5 Å². The maximum atomic E-state index is 12.4. The molecular weight excluding hydrogens is 388 g/mol. The van der Waals surface area contributed by atoms with E-state index in [2.05, 4.69) is 13.0 Å². The second-order valence-electron chi connectivity index (χ2n) is 8.88. The van der Waals surface area contributed by atoms with Crippen LogP contribution in [0.1, 0.15) is 59.3 Å². The van der Waals surface area contributed by atoms with E-state index in [1.807, 2.05) is 26.0 Å². The number of carboxylic acids is 1. The van der Waals surface area contributed by atoms with Crippen molar-refractivity contribution in [3.05, 3.63) is 23.8 Å². The van der Waals surface area contributed by atoms with Crippen molar-refractivity contribution in [2.45, 2.75) is 83.7 Å². The quantitative estimate of drug-likeness (QED) is 0.397. The summed E-state index contributed by atoms with van der Waals surface area (Å²) in [5, 5.41) is 39.1. The van der Waals surface area contributed by atoms with Crippen LogP contribution in [-0.2, 0) is 14.3 Å². The summed E-state index contributed by atoms with van der Waals surface area (Å²) in [6.45, 7) is 5.85. The van der Waals surface area contributed by atoms with Gasteiger partial charge in [0.2, 0.25) is 0 Å². The minimum Gasteiger partial charge on any atom is -0.481 e. The van der Waals surface area contributed by atoms with Gasteiger partial charge in [-0.05, 0) is 43.1 Å². The lowest BCUT2D eigenvalue weighted by molar-refractivity contribution is -0.159. The Morgan fingerprint density at radius 1 is 1.27 bits per heavy atom. The zero-order valence-corrected chi connectivity index (χ0v) is 18.1. The lowest BCUT2D eigenvalue weighted by Crippen LogP contribution is -2.43. The fraction of sp³-hybridized carbons (Fsp3) is 0.739. The summed E-state index contributed by atoms with van der Waals surface area (Å²) in [5.41, 5.74) is 0.958. The third-order valence-electron chi connectivity index (χ3n) is 6.44. The van der Waals surface area contributed by atoms with E-state index >= 15 is 0 Å². The van der Waals surface area contributed by atoms with E-state index in [0.717, 1.165) is 5.57 Å². The van der Waals surface area contributed by atoms with Crippen molar-refractivity contribution in [1.82, 2.24) is 0 Å². The Morgan fingerprint density at radius 3 is 2.60 bits per heavy atom. The number of aliphatic hydroxyl groups excluding tert-OH is 3. The molecule has 2 aliphatic carbocycles. The van der Waals surface area contributed by atoms with Crippen molar-refractivity contribution in [3.63, 3.8) is 0 Å². The smallest absolute Gasteiger partial charge is 0.308 e. The van der Waals surface area contributed by atoms with Crippen LogP contribution in [0.4, 0.5) is 0 Å². The fourth-order valence-corrected chi connectivity index (χ4v) is 4.52. The molecule has 2 unspecified atom stereocenters. The van der Waals surface area contributed by atoms with Gasteiger partial charge in [-0.2, -0.15) is 0 Å². The molecule has 30 heavy (non-hydrogen) atoms. The van der Waals surface area contributed by atoms with Gasteiger partial charge in [0, 0.05) is 12.3 Å². The van der Waals surface area contributed by atoms with Crippen molar-refractivity contribution in [3.8, 4) is 0 Å². The van der Waals surface area contributed by atoms with Crippen molar-refractivity contribution in [2.24, 2.45) is 23.7 Å². The molecule has 0 amide bonds. The number of esters is 1. The van der Waals surface area contributed by atoms with E-state index in [9.17, 15) is 24.9 Å². The third-order valence-corrected chi connectivity index (χ3v) is 6.44. The monoisotopic (exact) mass is 424 g/mol. The average Bonchev–Trinajstić information content (AvgIpc) is 2.65. The largest absolute Gasteiger partial charge is 0.481 e. The molecule has 170 valence electrons. The number of allylic oxidation sites excluding steroid dienone is 2. The fourth-order valence-electron chi connectivity index (χ4n) is 4.52. The highest BCUT2D eigenvalue weighted by Gasteiger charge is 2.42. The zero-order chi connectivity index (χ0) is 22.4. The van der Waals surface area contributed by atoms with Gasteiger partial charge >= 0.3 is 11.9 Å². The predicted molar refractivity (Wildman–Crippen MR) is 111 cm³/mol. The predicted octanol–water partition coefficient (Wildman–Crippen LogP) is 2.44. The molecule has 0 saturated carbocycles. The van der Waals surface area contributed by atoms with Gasteiger partial charge in [-0.1, -0.05) is 39.0 Å². The van der Waals surface area contributed by atoms with Gasteiger partial charge in [0.05, 0.1) is 30.7 Å². The first-order chi connectivity index (χ1) is 14.1. The first-order valence-corrected chi connectivity index (χ1v) is 11.0. The Balaban J connectivity index is 2.09. The average molecular weight is 425 g/mol. The number of hydrogen-bond acceptors (Lipinski definition) is 6. The second-order valence-corrected chi connectivity index (χ2v) is 8.88. The second kappa shape index (κ2) is 11.1. The summed E-state index contributed by atoms with van der Waals surface area (Å²) >= 11 is 0. The minimum absolute atomic E-state index is 0.0156. The first-order valence-electron chi connectivity index (χ1n) is 11.0. The van der Waals surface area contributed by atoms with E-state index in [1.165, 1.54) is 0 Å². The van der Waals surface area contributed by atoms with Crippen molar-refractivity contribution in [2.75, 3.05) is 0 Å². The van der Waals surface area contributed by atoms with E-state index in [4.69, 9.17) is 9.84 Å². The van der Waals surface area contributed by atoms with E-state index < -0.39 is 30.4 Å². The van der Waals surface area contributed by atoms with Crippen LogP contribution >= 0.6 is 0 Å². The zero-order valence-electron chi connectivity index (χ0n) is 18.1. The van der Waals surface area contributed by atoms with Crippen LogP contribution in [0.3, 0.4) is 0 Å². The van der Waals surface area contributed by atoms with Gasteiger partial charge < -0.3 is 25.2 Å². The molecular formula is C23H36O7. The number of carbonyl (C=O) groups is 2. The van der Waals surface area contributed by atoms with Gasteiger partial charge in [0.15, 0.2) is 0 Å². The standard InChI is InChI=1S/C23H36O7/c1-4-13(2)23(29)30-20-11-17(25)9-15-6-5-14(3)19(22(15)20)8-7-16(24)10-18(26)12-21(27)28/h5-6,9,13-14,16-20,22,24-26H,4,7-8,10-12H2,1-3H3,(H,27,28)/t13-,14-,16?,17+,18+,19-,20?,22-/m0/s1. The molecule has 7 heteroatoms. The van der Waals surface area contributed by atoms with Gasteiger partial charge in [0.25, 0.3) is 0 Å². The van der Waals surface area contributed by atoms with Crippen molar-refractivity contribution < 1.29 is 34.8 Å². The molecule has 0 fully saturated rings. The maximum Gasteiger partial charge on any atom is 0.308 e. The molecule has 0 aromatic rings. The first kappa shape index (κ1) is 24.6. The van der Waals surface area contributed by atoms with Crippen LogP contribution < -0.4 is 0 Å². The van der Waals surface area contributed by atoms with Gasteiger partial charge in [-0.25, -0.2) is 0 Å². The summed E-state index contributed by atoms with van der Waals surface area (Å²) < 4.78 is 5.84. The van der Waals surface area contributed by atoms with Crippen LogP contribution in [0.15, 0.2) is 23.8 Å². The molecule has 2 aliphatic rings. The molecule has 0 heterocycles.